The molecule has 1 aliphatic carbocycles. The molecule has 9 heteroatoms. The number of carbonyl (C=O) groups is 2. The second-order valence-electron chi connectivity index (χ2n) is 9.56. The van der Waals surface area contributed by atoms with E-state index in [1.807, 2.05) is 44.7 Å². The van der Waals surface area contributed by atoms with Crippen LogP contribution in [0.5, 0.6) is 5.75 Å². The van der Waals surface area contributed by atoms with Crippen LogP contribution >= 0.6 is 0 Å². The Morgan fingerprint density at radius 2 is 1.70 bits per heavy atom. The molecule has 1 N–H and O–H groups in total. The molecule has 0 radical (unpaired) electrons. The highest BCUT2D eigenvalue weighted by Crippen LogP contribution is 2.33. The average molecular weight is 530 g/mol. The number of nitrogens with zero attached hydrogens (tertiary/aromatic N) is 2. The molecule has 8 nitrogen and oxygen atoms in total. The van der Waals surface area contributed by atoms with Gasteiger partial charge in [-0.25, -0.2) is 0 Å². The summed E-state index contributed by atoms with van der Waals surface area (Å²) in [5.74, 6) is 0.132. The third-order valence-electron chi connectivity index (χ3n) is 7.04. The van der Waals surface area contributed by atoms with Crippen molar-refractivity contribution in [3.05, 3.63) is 48.0 Å². The first kappa shape index (κ1) is 28.5. The van der Waals surface area contributed by atoms with Gasteiger partial charge in [-0.2, -0.15) is 8.42 Å². The Morgan fingerprint density at radius 3 is 2.22 bits per heavy atom. The van der Waals surface area contributed by atoms with Crippen molar-refractivity contribution >= 4 is 33.3 Å². The molecule has 0 unspecified atom stereocenters. The first-order valence-electron chi connectivity index (χ1n) is 13.1. The Kier molecular flexibility index (Phi) is 9.59. The Balaban J connectivity index is 1.97. The summed E-state index contributed by atoms with van der Waals surface area (Å²) in [6.45, 7) is 11.3. The van der Waals surface area contributed by atoms with Gasteiger partial charge >= 0.3 is 10.1 Å². The van der Waals surface area contributed by atoms with Crippen LogP contribution in [0.25, 0.3) is 0 Å². The zero-order chi connectivity index (χ0) is 27.2. The summed E-state index contributed by atoms with van der Waals surface area (Å²) >= 11 is 0. The lowest BCUT2D eigenvalue weighted by Crippen LogP contribution is -2.43. The van der Waals surface area contributed by atoms with Gasteiger partial charge in [-0.1, -0.05) is 19.4 Å². The van der Waals surface area contributed by atoms with E-state index in [9.17, 15) is 18.0 Å². The fraction of sp³-hybridized carbons (Fsp3) is 0.500. The van der Waals surface area contributed by atoms with E-state index in [4.69, 9.17) is 4.18 Å². The van der Waals surface area contributed by atoms with Crippen LogP contribution in [-0.4, -0.2) is 44.3 Å². The Hall–Kier alpha value is -3.07. The summed E-state index contributed by atoms with van der Waals surface area (Å²) < 4.78 is 32.3. The van der Waals surface area contributed by atoms with E-state index >= 15 is 0 Å². The van der Waals surface area contributed by atoms with Crippen LogP contribution in [0.15, 0.2) is 47.4 Å². The van der Waals surface area contributed by atoms with Crippen molar-refractivity contribution in [1.82, 2.24) is 4.90 Å². The van der Waals surface area contributed by atoms with Gasteiger partial charge < -0.3 is 19.3 Å². The van der Waals surface area contributed by atoms with Crippen molar-refractivity contribution in [3.63, 3.8) is 0 Å². The zero-order valence-corrected chi connectivity index (χ0v) is 23.3. The first-order chi connectivity index (χ1) is 17.6. The summed E-state index contributed by atoms with van der Waals surface area (Å²) in [5, 5.41) is 2.62. The molecule has 0 aliphatic heterocycles. The highest BCUT2D eigenvalue weighted by Gasteiger charge is 2.32. The predicted octanol–water partition coefficient (Wildman–Crippen LogP) is 5.19. The molecule has 0 spiro atoms. The van der Waals surface area contributed by atoms with Gasteiger partial charge in [0.05, 0.1) is 0 Å². The van der Waals surface area contributed by atoms with Crippen molar-refractivity contribution in [1.29, 1.82) is 0 Å². The maximum atomic E-state index is 13.3. The van der Waals surface area contributed by atoms with Gasteiger partial charge in [-0.15, -0.1) is 0 Å². The standard InChI is InChI=1S/C28H39N3O5S/c1-6-20(4)31(28(33)22-10-9-11-22)19-23-12-15-25(30(7-2)8-3)18-27(23)36-37(34,35)26-16-13-24(14-17-26)29-21(5)32/h12-18,20,22H,6-11,19H2,1-5H3,(H,29,32)/t20-/m0/s1. The summed E-state index contributed by atoms with van der Waals surface area (Å²) in [7, 11) is -4.16. The van der Waals surface area contributed by atoms with Crippen LogP contribution in [0.3, 0.4) is 0 Å². The number of amides is 2. The number of benzene rings is 2. The second-order valence-corrected chi connectivity index (χ2v) is 11.1. The molecule has 0 bridgehead atoms. The minimum Gasteiger partial charge on any atom is -0.379 e. The van der Waals surface area contributed by atoms with Crippen molar-refractivity contribution in [3.8, 4) is 5.75 Å². The number of carbonyl (C=O) groups excluding carboxylic acids is 2. The summed E-state index contributed by atoms with van der Waals surface area (Å²) in [5.41, 5.74) is 1.98. The van der Waals surface area contributed by atoms with E-state index in [1.54, 1.807) is 6.07 Å². The van der Waals surface area contributed by atoms with Crippen LogP contribution in [0.4, 0.5) is 11.4 Å². The van der Waals surface area contributed by atoms with Crippen LogP contribution in [-0.2, 0) is 26.3 Å². The Labute approximate surface area is 221 Å². The van der Waals surface area contributed by atoms with Crippen molar-refractivity contribution in [2.24, 2.45) is 5.92 Å². The molecular formula is C28H39N3O5S. The second kappa shape index (κ2) is 12.4. The molecule has 2 aromatic carbocycles. The molecule has 0 heterocycles. The van der Waals surface area contributed by atoms with Gasteiger partial charge in [0.1, 0.15) is 10.6 Å². The number of hydrogen-bond donors (Lipinski definition) is 1. The first-order valence-corrected chi connectivity index (χ1v) is 14.5. The Morgan fingerprint density at radius 1 is 1.05 bits per heavy atom. The topological polar surface area (TPSA) is 96.0 Å². The fourth-order valence-corrected chi connectivity index (χ4v) is 5.31. The quantitative estimate of drug-likeness (QED) is 0.380. The van der Waals surface area contributed by atoms with Crippen molar-refractivity contribution < 1.29 is 22.2 Å². The van der Waals surface area contributed by atoms with E-state index in [0.29, 0.717) is 11.3 Å². The molecule has 1 fully saturated rings. The summed E-state index contributed by atoms with van der Waals surface area (Å²) in [6.07, 6.45) is 3.67. The van der Waals surface area contributed by atoms with Gasteiger partial charge in [0, 0.05) is 61.5 Å². The molecule has 37 heavy (non-hydrogen) atoms. The molecule has 2 amide bonds. The minimum atomic E-state index is -4.16. The molecule has 202 valence electrons. The normalized spacial score (nSPS) is 14.4. The largest absolute Gasteiger partial charge is 0.379 e. The van der Waals surface area contributed by atoms with E-state index in [2.05, 4.69) is 10.2 Å². The number of anilines is 2. The molecule has 1 aliphatic rings. The smallest absolute Gasteiger partial charge is 0.339 e. The minimum absolute atomic E-state index is 0.0151. The van der Waals surface area contributed by atoms with Crippen LogP contribution in [0, 0.1) is 5.92 Å². The number of nitrogens with one attached hydrogen (secondary N) is 1. The molecular weight excluding hydrogens is 490 g/mol. The third-order valence-corrected chi connectivity index (χ3v) is 8.29. The van der Waals surface area contributed by atoms with Gasteiger partial charge in [0.25, 0.3) is 0 Å². The summed E-state index contributed by atoms with van der Waals surface area (Å²) in [4.78, 5) is 28.5. The number of hydrogen-bond acceptors (Lipinski definition) is 6. The van der Waals surface area contributed by atoms with Gasteiger partial charge in [0.2, 0.25) is 11.8 Å². The molecule has 1 atom stereocenters. The van der Waals surface area contributed by atoms with Gasteiger partial charge in [-0.3, -0.25) is 9.59 Å². The monoisotopic (exact) mass is 529 g/mol. The molecule has 1 saturated carbocycles. The molecule has 2 aromatic rings. The van der Waals surface area contributed by atoms with Crippen molar-refractivity contribution in [2.75, 3.05) is 23.3 Å². The van der Waals surface area contributed by atoms with E-state index in [-0.39, 0.29) is 41.0 Å². The third kappa shape index (κ3) is 7.03. The van der Waals surface area contributed by atoms with E-state index in [0.717, 1.165) is 44.5 Å². The summed E-state index contributed by atoms with van der Waals surface area (Å²) in [6, 6.07) is 11.4. The van der Waals surface area contributed by atoms with Crippen LogP contribution < -0.4 is 14.4 Å². The van der Waals surface area contributed by atoms with Gasteiger partial charge in [-0.05, 0) is 70.4 Å². The SMILES string of the molecule is CC[C@H](C)N(Cc1ccc(N(CC)CC)cc1OS(=O)(=O)c1ccc(NC(C)=O)cc1)C(=O)C1CCC1. The van der Waals surface area contributed by atoms with Gasteiger partial charge in [0.15, 0.2) is 0 Å². The Bertz CT molecular complexity index is 1190. The molecule has 3 rings (SSSR count). The van der Waals surface area contributed by atoms with Crippen molar-refractivity contribution in [2.45, 2.75) is 77.8 Å². The van der Waals surface area contributed by atoms with Crippen LogP contribution in [0.1, 0.15) is 65.9 Å². The predicted molar refractivity (Wildman–Crippen MR) is 146 cm³/mol. The lowest BCUT2D eigenvalue weighted by molar-refractivity contribution is -0.141. The lowest BCUT2D eigenvalue weighted by atomic mass is 9.84. The molecule has 0 aromatic heterocycles. The molecule has 0 saturated heterocycles. The highest BCUT2D eigenvalue weighted by molar-refractivity contribution is 7.87. The highest BCUT2D eigenvalue weighted by atomic mass is 32.2. The van der Waals surface area contributed by atoms with E-state index in [1.165, 1.54) is 31.2 Å². The lowest BCUT2D eigenvalue weighted by Gasteiger charge is -2.35. The maximum absolute atomic E-state index is 13.3. The van der Waals surface area contributed by atoms with Crippen LogP contribution in [0.2, 0.25) is 0 Å². The average Bonchev–Trinajstić information content (AvgIpc) is 2.82. The fourth-order valence-electron chi connectivity index (χ4n) is 4.36. The number of rotatable bonds is 12. The zero-order valence-electron chi connectivity index (χ0n) is 22.5. The maximum Gasteiger partial charge on any atom is 0.339 e. The van der Waals surface area contributed by atoms with E-state index < -0.39 is 10.1 Å².